The predicted molar refractivity (Wildman–Crippen MR) is 78.7 cm³/mol. The van der Waals surface area contributed by atoms with Gasteiger partial charge in [0.25, 0.3) is 0 Å². The van der Waals surface area contributed by atoms with Crippen LogP contribution in [0, 0.1) is 5.82 Å². The van der Waals surface area contributed by atoms with Gasteiger partial charge in [0, 0.05) is 36.2 Å². The normalized spacial score (nSPS) is 21.3. The smallest absolute Gasteiger partial charge is 0.141 e. The Bertz CT molecular complexity index is 408. The monoisotopic (exact) mass is 283 g/mol. The van der Waals surface area contributed by atoms with Crippen molar-refractivity contribution < 1.29 is 4.39 Å². The molecule has 0 aromatic carbocycles. The molecule has 1 unspecified atom stereocenters. The Morgan fingerprint density at radius 2 is 2.32 bits per heavy atom. The number of nitrogens with zero attached hydrogens (tertiary/aromatic N) is 2. The van der Waals surface area contributed by atoms with Crippen LogP contribution >= 0.6 is 11.8 Å². The summed E-state index contributed by atoms with van der Waals surface area (Å²) in [4.78, 5) is 6.51. The zero-order valence-corrected chi connectivity index (χ0v) is 12.4. The Kier molecular flexibility index (Phi) is 4.81. The van der Waals surface area contributed by atoms with Crippen LogP contribution in [-0.4, -0.2) is 40.0 Å². The first-order valence-corrected chi connectivity index (χ1v) is 7.68. The molecule has 3 nitrogen and oxygen atoms in total. The summed E-state index contributed by atoms with van der Waals surface area (Å²) in [6.07, 6.45) is 2.09. The third-order valence-corrected chi connectivity index (χ3v) is 4.69. The number of pyridine rings is 1. The van der Waals surface area contributed by atoms with Crippen molar-refractivity contribution >= 4 is 11.8 Å². The van der Waals surface area contributed by atoms with E-state index in [1.54, 1.807) is 6.07 Å². The van der Waals surface area contributed by atoms with Crippen LogP contribution in [0.25, 0.3) is 0 Å². The molecule has 1 aromatic rings. The summed E-state index contributed by atoms with van der Waals surface area (Å²) >= 11 is 2.03. The zero-order valence-electron chi connectivity index (χ0n) is 11.6. The summed E-state index contributed by atoms with van der Waals surface area (Å²) in [7, 11) is 0. The van der Waals surface area contributed by atoms with Gasteiger partial charge in [-0.3, -0.25) is 4.98 Å². The van der Waals surface area contributed by atoms with Gasteiger partial charge in [0.05, 0.1) is 11.9 Å². The zero-order chi connectivity index (χ0) is 13.9. The van der Waals surface area contributed by atoms with Crippen LogP contribution in [-0.2, 0) is 0 Å². The topological polar surface area (TPSA) is 42.1 Å². The van der Waals surface area contributed by atoms with Crippen LogP contribution in [0.15, 0.2) is 18.3 Å². The highest BCUT2D eigenvalue weighted by molar-refractivity contribution is 8.00. The summed E-state index contributed by atoms with van der Waals surface area (Å²) in [5.41, 5.74) is 6.88. The lowest BCUT2D eigenvalue weighted by Crippen LogP contribution is -2.43. The molecule has 106 valence electrons. The summed E-state index contributed by atoms with van der Waals surface area (Å²) in [6, 6.07) is 2.98. The second-order valence-electron chi connectivity index (χ2n) is 5.68. The molecule has 2 heterocycles. The molecule has 0 radical (unpaired) electrons. The molecule has 1 fully saturated rings. The first kappa shape index (κ1) is 14.8. The largest absolute Gasteiger partial charge is 0.323 e. The first-order valence-electron chi connectivity index (χ1n) is 6.70. The molecule has 0 bridgehead atoms. The molecule has 0 spiro atoms. The van der Waals surface area contributed by atoms with E-state index in [9.17, 15) is 4.39 Å². The van der Waals surface area contributed by atoms with E-state index in [0.717, 1.165) is 31.7 Å². The minimum Gasteiger partial charge on any atom is -0.323 e. The number of nitrogens with two attached hydrogens (primary N) is 1. The minimum absolute atomic E-state index is 0.113. The van der Waals surface area contributed by atoms with E-state index in [4.69, 9.17) is 5.73 Å². The van der Waals surface area contributed by atoms with Crippen molar-refractivity contribution in [2.24, 2.45) is 5.73 Å². The number of aromatic nitrogens is 1. The fourth-order valence-electron chi connectivity index (χ4n) is 2.38. The van der Waals surface area contributed by atoms with E-state index in [2.05, 4.69) is 23.7 Å². The quantitative estimate of drug-likeness (QED) is 0.921. The summed E-state index contributed by atoms with van der Waals surface area (Å²) in [6.45, 7) is 7.76. The summed E-state index contributed by atoms with van der Waals surface area (Å²) in [5, 5.41) is 0. The van der Waals surface area contributed by atoms with Gasteiger partial charge in [-0.15, -0.1) is 0 Å². The van der Waals surface area contributed by atoms with Gasteiger partial charge in [-0.05, 0) is 32.4 Å². The minimum atomic E-state index is -0.314. The average Bonchev–Trinajstić information content (AvgIpc) is 2.36. The standard InChI is InChI=1S/C14H22FN3S/c1-14(2)10-18(7-8-19-14)6-5-12(16)13-4-3-11(15)9-17-13/h3-4,9,12H,5-8,10,16H2,1-2H3. The fourth-order valence-corrected chi connectivity index (χ4v) is 3.56. The number of hydrogen-bond acceptors (Lipinski definition) is 4. The Morgan fingerprint density at radius 3 is 2.95 bits per heavy atom. The Morgan fingerprint density at radius 1 is 1.53 bits per heavy atom. The lowest BCUT2D eigenvalue weighted by molar-refractivity contribution is 0.250. The molecule has 2 rings (SSSR count). The second kappa shape index (κ2) is 6.20. The number of hydrogen-bond donors (Lipinski definition) is 1. The highest BCUT2D eigenvalue weighted by atomic mass is 32.2. The maximum absolute atomic E-state index is 12.8. The maximum atomic E-state index is 12.8. The molecule has 1 aliphatic heterocycles. The molecule has 2 N–H and O–H groups in total. The van der Waals surface area contributed by atoms with Gasteiger partial charge in [0.2, 0.25) is 0 Å². The fraction of sp³-hybridized carbons (Fsp3) is 0.643. The van der Waals surface area contributed by atoms with Crippen molar-refractivity contribution in [1.82, 2.24) is 9.88 Å². The van der Waals surface area contributed by atoms with Gasteiger partial charge < -0.3 is 10.6 Å². The van der Waals surface area contributed by atoms with Crippen LogP contribution in [0.2, 0.25) is 0 Å². The number of thioether (sulfide) groups is 1. The van der Waals surface area contributed by atoms with E-state index in [0.29, 0.717) is 4.75 Å². The van der Waals surface area contributed by atoms with Crippen molar-refractivity contribution in [2.75, 3.05) is 25.4 Å². The van der Waals surface area contributed by atoms with Crippen molar-refractivity contribution in [2.45, 2.75) is 31.1 Å². The number of rotatable bonds is 4. The molecule has 1 saturated heterocycles. The van der Waals surface area contributed by atoms with Crippen LogP contribution < -0.4 is 5.73 Å². The molecular weight excluding hydrogens is 261 g/mol. The molecule has 0 amide bonds. The Balaban J connectivity index is 1.83. The van der Waals surface area contributed by atoms with Gasteiger partial charge in [0.1, 0.15) is 5.82 Å². The third-order valence-electron chi connectivity index (χ3n) is 3.39. The third kappa shape index (κ3) is 4.44. The van der Waals surface area contributed by atoms with Crippen LogP contribution in [0.4, 0.5) is 4.39 Å². The molecule has 1 aromatic heterocycles. The molecule has 1 aliphatic rings. The van der Waals surface area contributed by atoms with E-state index < -0.39 is 0 Å². The van der Waals surface area contributed by atoms with Gasteiger partial charge in [-0.25, -0.2) is 4.39 Å². The average molecular weight is 283 g/mol. The molecule has 19 heavy (non-hydrogen) atoms. The van der Waals surface area contributed by atoms with E-state index >= 15 is 0 Å². The van der Waals surface area contributed by atoms with Gasteiger partial charge in [0.15, 0.2) is 0 Å². The first-order chi connectivity index (χ1) is 8.96. The summed E-state index contributed by atoms with van der Waals surface area (Å²) in [5.74, 6) is 0.863. The molecule has 5 heteroatoms. The molecule has 0 saturated carbocycles. The van der Waals surface area contributed by atoms with Crippen molar-refractivity contribution in [3.05, 3.63) is 29.8 Å². The maximum Gasteiger partial charge on any atom is 0.141 e. The lowest BCUT2D eigenvalue weighted by Gasteiger charge is -2.37. The van der Waals surface area contributed by atoms with Gasteiger partial charge in [-0.2, -0.15) is 11.8 Å². The predicted octanol–water partition coefficient (Wildman–Crippen LogP) is 2.44. The van der Waals surface area contributed by atoms with Crippen LogP contribution in [0.1, 0.15) is 32.0 Å². The van der Waals surface area contributed by atoms with E-state index in [1.807, 2.05) is 11.8 Å². The molecular formula is C14H22FN3S. The molecule has 0 aliphatic carbocycles. The van der Waals surface area contributed by atoms with Gasteiger partial charge >= 0.3 is 0 Å². The molecule has 1 atom stereocenters. The second-order valence-corrected chi connectivity index (χ2v) is 7.48. The van der Waals surface area contributed by atoms with E-state index in [1.165, 1.54) is 18.0 Å². The van der Waals surface area contributed by atoms with E-state index in [-0.39, 0.29) is 11.9 Å². The summed E-state index contributed by atoms with van der Waals surface area (Å²) < 4.78 is 13.1. The van der Waals surface area contributed by atoms with Crippen molar-refractivity contribution in [1.29, 1.82) is 0 Å². The van der Waals surface area contributed by atoms with Crippen LogP contribution in [0.3, 0.4) is 0 Å². The Labute approximate surface area is 118 Å². The number of halogens is 1. The van der Waals surface area contributed by atoms with Gasteiger partial charge in [-0.1, -0.05) is 0 Å². The van der Waals surface area contributed by atoms with Crippen molar-refractivity contribution in [3.8, 4) is 0 Å². The highest BCUT2D eigenvalue weighted by Gasteiger charge is 2.26. The Hall–Kier alpha value is -0.650. The lowest BCUT2D eigenvalue weighted by atomic mass is 10.1. The highest BCUT2D eigenvalue weighted by Crippen LogP contribution is 2.29. The SMILES string of the molecule is CC1(C)CN(CCC(N)c2ccc(F)cn2)CCS1. The van der Waals surface area contributed by atoms with Crippen molar-refractivity contribution in [3.63, 3.8) is 0 Å². The van der Waals surface area contributed by atoms with Crippen LogP contribution in [0.5, 0.6) is 0 Å².